The van der Waals surface area contributed by atoms with E-state index in [0.717, 1.165) is 11.4 Å². The molecule has 0 saturated heterocycles. The molecule has 1 N–H and O–H groups in total. The Kier molecular flexibility index (Phi) is 5.23. The van der Waals surface area contributed by atoms with Crippen molar-refractivity contribution in [1.29, 1.82) is 0 Å². The molecule has 4 nitrogen and oxygen atoms in total. The van der Waals surface area contributed by atoms with Crippen molar-refractivity contribution < 1.29 is 13.2 Å². The molecule has 0 heterocycles. The number of hydrogen-bond donors (Lipinski definition) is 1. The van der Waals surface area contributed by atoms with E-state index in [-0.39, 0.29) is 5.75 Å². The second-order valence-corrected chi connectivity index (χ2v) is 8.18. The van der Waals surface area contributed by atoms with E-state index in [1.807, 2.05) is 31.2 Å². The third-order valence-electron chi connectivity index (χ3n) is 2.78. The van der Waals surface area contributed by atoms with Gasteiger partial charge in [0.2, 0.25) is 0 Å². The zero-order chi connectivity index (χ0) is 14.5. The molecule has 0 aliphatic heterocycles. The summed E-state index contributed by atoms with van der Waals surface area (Å²) in [6.45, 7) is 8.10. The fourth-order valence-corrected chi connectivity index (χ4v) is 2.48. The first-order chi connectivity index (χ1) is 8.76. The van der Waals surface area contributed by atoms with Gasteiger partial charge in [0.25, 0.3) is 0 Å². The summed E-state index contributed by atoms with van der Waals surface area (Å²) in [4.78, 5) is 0. The van der Waals surface area contributed by atoms with Crippen molar-refractivity contribution in [3.63, 3.8) is 0 Å². The van der Waals surface area contributed by atoms with Gasteiger partial charge in [0.1, 0.15) is 5.75 Å². The summed E-state index contributed by atoms with van der Waals surface area (Å²) >= 11 is 0. The molecule has 0 bridgehead atoms. The Balaban J connectivity index is 2.56. The molecule has 0 spiro atoms. The lowest BCUT2D eigenvalue weighted by Crippen LogP contribution is -2.32. The number of rotatable bonds is 6. The zero-order valence-electron chi connectivity index (χ0n) is 12.1. The van der Waals surface area contributed by atoms with E-state index in [1.165, 1.54) is 0 Å². The molecule has 0 aromatic heterocycles. The Morgan fingerprint density at radius 1 is 1.26 bits per heavy atom. The second kappa shape index (κ2) is 6.28. The number of anilines is 1. The lowest BCUT2D eigenvalue weighted by atomic mass is 10.3. The highest BCUT2D eigenvalue weighted by molar-refractivity contribution is 7.92. The molecular weight excluding hydrogens is 262 g/mol. The molecular formula is C14H23NO3S. The number of ether oxygens (including phenoxy) is 1. The Labute approximate surface area is 116 Å². The minimum Gasteiger partial charge on any atom is -0.494 e. The van der Waals surface area contributed by atoms with E-state index in [4.69, 9.17) is 4.74 Å². The highest BCUT2D eigenvalue weighted by atomic mass is 32.2. The fourth-order valence-electron chi connectivity index (χ4n) is 1.50. The van der Waals surface area contributed by atoms with E-state index < -0.39 is 14.6 Å². The molecule has 0 radical (unpaired) electrons. The number of hydrogen-bond acceptors (Lipinski definition) is 4. The highest BCUT2D eigenvalue weighted by Crippen LogP contribution is 2.18. The van der Waals surface area contributed by atoms with Crippen LogP contribution in [0.3, 0.4) is 0 Å². The quantitative estimate of drug-likeness (QED) is 0.873. The van der Waals surface area contributed by atoms with Crippen LogP contribution in [0.4, 0.5) is 5.69 Å². The normalized spacial score (nSPS) is 12.2. The van der Waals surface area contributed by atoms with Gasteiger partial charge in [0.05, 0.1) is 17.1 Å². The molecule has 0 saturated carbocycles. The van der Waals surface area contributed by atoms with Crippen LogP contribution in [0, 0.1) is 0 Å². The molecule has 0 atom stereocenters. The van der Waals surface area contributed by atoms with Gasteiger partial charge in [-0.3, -0.25) is 0 Å². The maximum absolute atomic E-state index is 11.9. The molecule has 108 valence electrons. The zero-order valence-corrected chi connectivity index (χ0v) is 12.9. The van der Waals surface area contributed by atoms with Crippen LogP contribution in [0.25, 0.3) is 0 Å². The largest absolute Gasteiger partial charge is 0.494 e. The van der Waals surface area contributed by atoms with Crippen LogP contribution < -0.4 is 10.1 Å². The average Bonchev–Trinajstić information content (AvgIpc) is 2.28. The van der Waals surface area contributed by atoms with Crippen molar-refractivity contribution in [2.75, 3.05) is 24.2 Å². The molecule has 0 fully saturated rings. The second-order valence-electron chi connectivity index (χ2n) is 5.32. The van der Waals surface area contributed by atoms with Crippen LogP contribution in [0.2, 0.25) is 0 Å². The average molecular weight is 285 g/mol. The van der Waals surface area contributed by atoms with E-state index in [1.54, 1.807) is 20.8 Å². The van der Waals surface area contributed by atoms with Gasteiger partial charge >= 0.3 is 0 Å². The summed E-state index contributed by atoms with van der Waals surface area (Å²) in [6.07, 6.45) is 0. The predicted octanol–water partition coefficient (Wildman–Crippen LogP) is 2.71. The molecule has 1 aromatic rings. The van der Waals surface area contributed by atoms with E-state index >= 15 is 0 Å². The van der Waals surface area contributed by atoms with Crippen LogP contribution in [-0.2, 0) is 9.84 Å². The molecule has 0 amide bonds. The third kappa shape index (κ3) is 4.74. The molecule has 1 rings (SSSR count). The predicted molar refractivity (Wildman–Crippen MR) is 79.6 cm³/mol. The van der Waals surface area contributed by atoms with Gasteiger partial charge in [-0.1, -0.05) is 6.07 Å². The van der Waals surface area contributed by atoms with Crippen LogP contribution in [0.15, 0.2) is 24.3 Å². The van der Waals surface area contributed by atoms with Crippen molar-refractivity contribution in [2.45, 2.75) is 32.4 Å². The Morgan fingerprint density at radius 2 is 1.95 bits per heavy atom. The van der Waals surface area contributed by atoms with Crippen molar-refractivity contribution >= 4 is 15.5 Å². The van der Waals surface area contributed by atoms with Crippen molar-refractivity contribution in [3.8, 4) is 5.75 Å². The lowest BCUT2D eigenvalue weighted by Gasteiger charge is -2.19. The standard InChI is InChI=1S/C14H23NO3S/c1-5-18-13-8-6-7-12(11-13)15-9-10-19(16,17)14(2,3)4/h6-8,11,15H,5,9-10H2,1-4H3. The van der Waals surface area contributed by atoms with Gasteiger partial charge in [-0.05, 0) is 39.8 Å². The Hall–Kier alpha value is -1.23. The molecule has 0 aliphatic carbocycles. The highest BCUT2D eigenvalue weighted by Gasteiger charge is 2.28. The van der Waals surface area contributed by atoms with Crippen molar-refractivity contribution in [3.05, 3.63) is 24.3 Å². The number of sulfone groups is 1. The monoisotopic (exact) mass is 285 g/mol. The van der Waals surface area contributed by atoms with Gasteiger partial charge < -0.3 is 10.1 Å². The summed E-state index contributed by atoms with van der Waals surface area (Å²) in [5.41, 5.74) is 0.870. The Morgan fingerprint density at radius 3 is 2.53 bits per heavy atom. The first-order valence-electron chi connectivity index (χ1n) is 6.45. The van der Waals surface area contributed by atoms with Gasteiger partial charge in [-0.25, -0.2) is 8.42 Å². The first kappa shape index (κ1) is 15.8. The van der Waals surface area contributed by atoms with Gasteiger partial charge in [0.15, 0.2) is 9.84 Å². The van der Waals surface area contributed by atoms with Gasteiger partial charge in [-0.15, -0.1) is 0 Å². The Bertz CT molecular complexity index is 504. The lowest BCUT2D eigenvalue weighted by molar-refractivity contribution is 0.340. The SMILES string of the molecule is CCOc1cccc(NCCS(=O)(=O)C(C)(C)C)c1. The fraction of sp³-hybridized carbons (Fsp3) is 0.571. The summed E-state index contributed by atoms with van der Waals surface area (Å²) in [7, 11) is -3.08. The van der Waals surface area contributed by atoms with Gasteiger partial charge in [-0.2, -0.15) is 0 Å². The minimum atomic E-state index is -3.08. The topological polar surface area (TPSA) is 55.4 Å². The third-order valence-corrected chi connectivity index (χ3v) is 5.39. The van der Waals surface area contributed by atoms with Crippen LogP contribution in [0.5, 0.6) is 5.75 Å². The first-order valence-corrected chi connectivity index (χ1v) is 8.10. The van der Waals surface area contributed by atoms with Crippen molar-refractivity contribution in [2.24, 2.45) is 0 Å². The maximum Gasteiger partial charge on any atom is 0.156 e. The summed E-state index contributed by atoms with van der Waals surface area (Å²) in [6, 6.07) is 7.52. The van der Waals surface area contributed by atoms with Gasteiger partial charge in [0, 0.05) is 18.3 Å². The molecule has 5 heteroatoms. The summed E-state index contributed by atoms with van der Waals surface area (Å²) in [5.74, 6) is 0.904. The van der Waals surface area contributed by atoms with E-state index in [9.17, 15) is 8.42 Å². The minimum absolute atomic E-state index is 0.120. The van der Waals surface area contributed by atoms with E-state index in [0.29, 0.717) is 13.2 Å². The van der Waals surface area contributed by atoms with Crippen LogP contribution >= 0.6 is 0 Å². The molecule has 0 unspecified atom stereocenters. The number of nitrogens with one attached hydrogen (secondary N) is 1. The van der Waals surface area contributed by atoms with E-state index in [2.05, 4.69) is 5.32 Å². The molecule has 19 heavy (non-hydrogen) atoms. The summed E-state index contributed by atoms with van der Waals surface area (Å²) in [5, 5.41) is 3.11. The van der Waals surface area contributed by atoms with Crippen molar-refractivity contribution in [1.82, 2.24) is 0 Å². The molecule has 0 aliphatic rings. The van der Waals surface area contributed by atoms with Crippen LogP contribution in [0.1, 0.15) is 27.7 Å². The summed E-state index contributed by atoms with van der Waals surface area (Å²) < 4.78 is 28.6. The number of benzene rings is 1. The molecule has 1 aromatic carbocycles. The maximum atomic E-state index is 11.9. The van der Waals surface area contributed by atoms with Crippen LogP contribution in [-0.4, -0.2) is 32.1 Å². The smallest absolute Gasteiger partial charge is 0.156 e.